The van der Waals surface area contributed by atoms with Gasteiger partial charge in [0, 0.05) is 11.6 Å². The number of hydrogen-bond donors (Lipinski definition) is 2. The molecule has 1 amide bonds. The molecule has 0 saturated carbocycles. The van der Waals surface area contributed by atoms with Crippen LogP contribution in [0.4, 0.5) is 0 Å². The van der Waals surface area contributed by atoms with E-state index in [0.717, 1.165) is 0 Å². The minimum Gasteiger partial charge on any atom is -0.494 e. The van der Waals surface area contributed by atoms with Gasteiger partial charge in [0.1, 0.15) is 5.75 Å². The van der Waals surface area contributed by atoms with E-state index in [-0.39, 0.29) is 28.6 Å². The Morgan fingerprint density at radius 3 is 2.59 bits per heavy atom. The number of nitrogens with one attached hydrogen (secondary N) is 2. The van der Waals surface area contributed by atoms with E-state index in [9.17, 15) is 13.2 Å². The van der Waals surface area contributed by atoms with Crippen LogP contribution in [0.25, 0.3) is 0 Å². The van der Waals surface area contributed by atoms with E-state index in [1.807, 2.05) is 6.92 Å². The minimum atomic E-state index is -2.98. The third-order valence-electron chi connectivity index (χ3n) is 3.22. The second-order valence-corrected chi connectivity index (χ2v) is 7.62. The van der Waals surface area contributed by atoms with Crippen LogP contribution in [-0.4, -0.2) is 43.6 Å². The Morgan fingerprint density at radius 1 is 1.36 bits per heavy atom. The molecule has 6 nitrogen and oxygen atoms in total. The summed E-state index contributed by atoms with van der Waals surface area (Å²) in [5.41, 5.74) is 0.451. The lowest BCUT2D eigenvalue weighted by Crippen LogP contribution is -2.44. The van der Waals surface area contributed by atoms with Crippen molar-refractivity contribution in [1.29, 1.82) is 0 Å². The van der Waals surface area contributed by atoms with E-state index in [4.69, 9.17) is 17.0 Å². The fraction of sp³-hybridized carbons (Fsp3) is 0.429. The molecule has 1 aromatic carbocycles. The maximum atomic E-state index is 12.0. The molecule has 1 atom stereocenters. The van der Waals surface area contributed by atoms with E-state index in [2.05, 4.69) is 10.6 Å². The largest absolute Gasteiger partial charge is 0.494 e. The first-order valence-corrected chi connectivity index (χ1v) is 9.17. The lowest BCUT2D eigenvalue weighted by molar-refractivity contribution is 0.0976. The zero-order valence-corrected chi connectivity index (χ0v) is 13.8. The highest BCUT2D eigenvalue weighted by molar-refractivity contribution is 7.91. The first-order chi connectivity index (χ1) is 10.4. The standard InChI is InChI=1S/C14H18N2O4S2/c1-2-20-12-5-3-10(4-6-12)13(17)16-14(21)15-11-7-8-22(18,19)9-11/h3-6,11H,2,7-9H2,1H3,(H2,15,16,17,21). The lowest BCUT2D eigenvalue weighted by atomic mass is 10.2. The molecule has 1 heterocycles. The molecule has 8 heteroatoms. The van der Waals surface area contributed by atoms with Gasteiger partial charge in [0.2, 0.25) is 0 Å². The Hall–Kier alpha value is -1.67. The van der Waals surface area contributed by atoms with E-state index >= 15 is 0 Å². The van der Waals surface area contributed by atoms with Crippen molar-refractivity contribution in [2.75, 3.05) is 18.1 Å². The summed E-state index contributed by atoms with van der Waals surface area (Å²) in [5.74, 6) is 0.545. The Balaban J connectivity index is 1.87. The van der Waals surface area contributed by atoms with Gasteiger partial charge in [-0.1, -0.05) is 0 Å². The van der Waals surface area contributed by atoms with Crippen LogP contribution in [0.3, 0.4) is 0 Å². The zero-order valence-electron chi connectivity index (χ0n) is 12.2. The molecule has 0 spiro atoms. The Morgan fingerprint density at radius 2 is 2.05 bits per heavy atom. The third-order valence-corrected chi connectivity index (χ3v) is 5.21. The summed E-state index contributed by atoms with van der Waals surface area (Å²) in [4.78, 5) is 12.0. The molecule has 120 valence electrons. The zero-order chi connectivity index (χ0) is 16.2. The fourth-order valence-corrected chi connectivity index (χ4v) is 4.11. The van der Waals surface area contributed by atoms with Crippen LogP contribution in [0.1, 0.15) is 23.7 Å². The van der Waals surface area contributed by atoms with Gasteiger partial charge >= 0.3 is 0 Å². The van der Waals surface area contributed by atoms with Gasteiger partial charge in [-0.15, -0.1) is 0 Å². The normalized spacial score (nSPS) is 19.4. The van der Waals surface area contributed by atoms with Gasteiger partial charge in [-0.25, -0.2) is 8.42 Å². The first-order valence-electron chi connectivity index (χ1n) is 6.95. The quantitative estimate of drug-likeness (QED) is 0.790. The Labute approximate surface area is 135 Å². The second-order valence-electron chi connectivity index (χ2n) is 4.98. The van der Waals surface area contributed by atoms with Crippen molar-refractivity contribution in [2.45, 2.75) is 19.4 Å². The molecular formula is C14H18N2O4S2. The van der Waals surface area contributed by atoms with Crippen LogP contribution in [-0.2, 0) is 9.84 Å². The van der Waals surface area contributed by atoms with Crippen molar-refractivity contribution in [2.24, 2.45) is 0 Å². The summed E-state index contributed by atoms with van der Waals surface area (Å²) in [6.07, 6.45) is 0.501. The SMILES string of the molecule is CCOc1ccc(C(=O)NC(=S)NC2CCS(=O)(=O)C2)cc1. The molecule has 0 aromatic heterocycles. The first kappa shape index (κ1) is 16.7. The second kappa shape index (κ2) is 7.06. The number of ether oxygens (including phenoxy) is 1. The Bertz CT molecular complexity index is 656. The number of hydrogen-bond acceptors (Lipinski definition) is 5. The molecule has 22 heavy (non-hydrogen) atoms. The Kier molecular flexibility index (Phi) is 5.36. The molecule has 1 aliphatic heterocycles. The molecule has 1 aromatic rings. The third kappa shape index (κ3) is 4.67. The molecule has 0 radical (unpaired) electrons. The molecule has 1 saturated heterocycles. The van der Waals surface area contributed by atoms with Gasteiger partial charge < -0.3 is 10.1 Å². The number of carbonyl (C=O) groups is 1. The summed E-state index contributed by atoms with van der Waals surface area (Å²) >= 11 is 5.05. The lowest BCUT2D eigenvalue weighted by Gasteiger charge is -2.14. The maximum absolute atomic E-state index is 12.0. The van der Waals surface area contributed by atoms with Gasteiger partial charge in [0.25, 0.3) is 5.91 Å². The summed E-state index contributed by atoms with van der Waals surface area (Å²) in [5, 5.41) is 5.55. The van der Waals surface area contributed by atoms with Gasteiger partial charge in [-0.05, 0) is 49.8 Å². The van der Waals surface area contributed by atoms with E-state index in [0.29, 0.717) is 24.3 Å². The number of carbonyl (C=O) groups excluding carboxylic acids is 1. The van der Waals surface area contributed by atoms with Crippen molar-refractivity contribution in [1.82, 2.24) is 10.6 Å². The molecule has 1 unspecified atom stereocenters. The number of sulfone groups is 1. The molecular weight excluding hydrogens is 324 g/mol. The predicted octanol–water partition coefficient (Wildman–Crippen LogP) is 0.877. The fourth-order valence-electron chi connectivity index (χ4n) is 2.17. The van der Waals surface area contributed by atoms with Crippen LogP contribution in [0.15, 0.2) is 24.3 Å². The monoisotopic (exact) mass is 342 g/mol. The number of benzene rings is 1. The van der Waals surface area contributed by atoms with Crippen molar-refractivity contribution in [3.8, 4) is 5.75 Å². The van der Waals surface area contributed by atoms with Gasteiger partial charge in [0.15, 0.2) is 14.9 Å². The average Bonchev–Trinajstić information content (AvgIpc) is 2.78. The van der Waals surface area contributed by atoms with Crippen molar-refractivity contribution in [3.05, 3.63) is 29.8 Å². The molecule has 0 aliphatic carbocycles. The van der Waals surface area contributed by atoms with Crippen molar-refractivity contribution in [3.63, 3.8) is 0 Å². The van der Waals surface area contributed by atoms with Crippen LogP contribution in [0.5, 0.6) is 5.75 Å². The summed E-state index contributed by atoms with van der Waals surface area (Å²) in [6.45, 7) is 2.44. The number of rotatable bonds is 4. The molecule has 1 fully saturated rings. The summed E-state index contributed by atoms with van der Waals surface area (Å²) in [6, 6.07) is 6.46. The highest BCUT2D eigenvalue weighted by Crippen LogP contribution is 2.13. The highest BCUT2D eigenvalue weighted by atomic mass is 32.2. The number of thiocarbonyl (C=S) groups is 1. The van der Waals surface area contributed by atoms with Gasteiger partial charge in [-0.2, -0.15) is 0 Å². The van der Waals surface area contributed by atoms with Crippen molar-refractivity contribution >= 4 is 33.1 Å². The smallest absolute Gasteiger partial charge is 0.257 e. The average molecular weight is 342 g/mol. The number of amides is 1. The van der Waals surface area contributed by atoms with E-state index in [1.165, 1.54) is 0 Å². The molecule has 2 rings (SSSR count). The highest BCUT2D eigenvalue weighted by Gasteiger charge is 2.28. The van der Waals surface area contributed by atoms with Crippen molar-refractivity contribution < 1.29 is 17.9 Å². The van der Waals surface area contributed by atoms with Crippen LogP contribution < -0.4 is 15.4 Å². The van der Waals surface area contributed by atoms with Gasteiger partial charge in [-0.3, -0.25) is 10.1 Å². The summed E-state index contributed by atoms with van der Waals surface area (Å²) < 4.78 is 28.0. The van der Waals surface area contributed by atoms with Crippen LogP contribution in [0.2, 0.25) is 0 Å². The van der Waals surface area contributed by atoms with Gasteiger partial charge in [0.05, 0.1) is 18.1 Å². The van der Waals surface area contributed by atoms with Crippen LogP contribution in [0, 0.1) is 0 Å². The topological polar surface area (TPSA) is 84.5 Å². The van der Waals surface area contributed by atoms with Crippen LogP contribution >= 0.6 is 12.2 Å². The predicted molar refractivity (Wildman–Crippen MR) is 87.9 cm³/mol. The summed E-state index contributed by atoms with van der Waals surface area (Å²) in [7, 11) is -2.98. The minimum absolute atomic E-state index is 0.0477. The molecule has 0 bridgehead atoms. The molecule has 2 N–H and O–H groups in total. The van der Waals surface area contributed by atoms with E-state index in [1.54, 1.807) is 24.3 Å². The molecule has 1 aliphatic rings. The maximum Gasteiger partial charge on any atom is 0.257 e. The van der Waals surface area contributed by atoms with E-state index < -0.39 is 9.84 Å².